The molecule has 2 fully saturated rings. The summed E-state index contributed by atoms with van der Waals surface area (Å²) < 4.78 is 5.64. The van der Waals surface area contributed by atoms with Gasteiger partial charge in [0, 0.05) is 13.1 Å². The standard InChI is InChI=1S/C14H22N4O/c1-9(2)19-14-12(15)13(16-8-17-14)18-6-10-4-3-5-11(10)7-18/h8-11H,3-7,15H2,1-2H3. The zero-order valence-electron chi connectivity index (χ0n) is 11.7. The third-order valence-electron chi connectivity index (χ3n) is 4.20. The van der Waals surface area contributed by atoms with Crippen molar-refractivity contribution in [3.8, 4) is 5.88 Å². The van der Waals surface area contributed by atoms with E-state index in [9.17, 15) is 0 Å². The Kier molecular flexibility index (Phi) is 3.21. The molecule has 1 aromatic rings. The topological polar surface area (TPSA) is 64.3 Å². The van der Waals surface area contributed by atoms with Gasteiger partial charge in [0.1, 0.15) is 12.0 Å². The molecular weight excluding hydrogens is 240 g/mol. The summed E-state index contributed by atoms with van der Waals surface area (Å²) in [4.78, 5) is 10.8. The second-order valence-corrected chi connectivity index (χ2v) is 5.94. The highest BCUT2D eigenvalue weighted by Crippen LogP contribution is 2.41. The molecular formula is C14H22N4O. The number of hydrogen-bond donors (Lipinski definition) is 1. The minimum absolute atomic E-state index is 0.0722. The van der Waals surface area contributed by atoms with Crippen molar-refractivity contribution in [1.82, 2.24) is 9.97 Å². The Labute approximate surface area is 114 Å². The predicted octanol–water partition coefficient (Wildman–Crippen LogP) is 2.08. The second-order valence-electron chi connectivity index (χ2n) is 5.94. The lowest BCUT2D eigenvalue weighted by molar-refractivity contribution is 0.234. The highest BCUT2D eigenvalue weighted by Gasteiger charge is 2.37. The summed E-state index contributed by atoms with van der Waals surface area (Å²) in [5.74, 6) is 3.00. The molecule has 19 heavy (non-hydrogen) atoms. The molecule has 3 rings (SSSR count). The van der Waals surface area contributed by atoms with Gasteiger partial charge in [0.15, 0.2) is 5.82 Å². The molecule has 5 nitrogen and oxygen atoms in total. The predicted molar refractivity (Wildman–Crippen MR) is 75.3 cm³/mol. The minimum Gasteiger partial charge on any atom is -0.473 e. The van der Waals surface area contributed by atoms with Crippen LogP contribution in [-0.4, -0.2) is 29.2 Å². The molecule has 104 valence electrons. The second kappa shape index (κ2) is 4.87. The molecule has 1 aromatic heterocycles. The van der Waals surface area contributed by atoms with E-state index in [2.05, 4.69) is 14.9 Å². The molecule has 2 aliphatic rings. The Morgan fingerprint density at radius 3 is 2.58 bits per heavy atom. The van der Waals surface area contributed by atoms with E-state index < -0.39 is 0 Å². The van der Waals surface area contributed by atoms with Crippen LogP contribution in [0.25, 0.3) is 0 Å². The van der Waals surface area contributed by atoms with Gasteiger partial charge in [-0.25, -0.2) is 4.98 Å². The SMILES string of the molecule is CC(C)Oc1ncnc(N2CC3CCCC3C2)c1N. The van der Waals surface area contributed by atoms with E-state index in [4.69, 9.17) is 10.5 Å². The van der Waals surface area contributed by atoms with Crippen molar-refractivity contribution in [2.45, 2.75) is 39.2 Å². The van der Waals surface area contributed by atoms with E-state index in [1.807, 2.05) is 13.8 Å². The van der Waals surface area contributed by atoms with Gasteiger partial charge in [0.05, 0.1) is 6.10 Å². The molecule has 1 aliphatic carbocycles. The smallest absolute Gasteiger partial charge is 0.242 e. The average Bonchev–Trinajstić information content (AvgIpc) is 2.91. The maximum Gasteiger partial charge on any atom is 0.242 e. The van der Waals surface area contributed by atoms with Crippen LogP contribution in [-0.2, 0) is 0 Å². The lowest BCUT2D eigenvalue weighted by Crippen LogP contribution is -2.24. The number of aromatic nitrogens is 2. The number of hydrogen-bond acceptors (Lipinski definition) is 5. The first-order chi connectivity index (χ1) is 9.15. The Bertz CT molecular complexity index is 451. The average molecular weight is 262 g/mol. The van der Waals surface area contributed by atoms with Gasteiger partial charge in [-0.15, -0.1) is 0 Å². The van der Waals surface area contributed by atoms with Crippen molar-refractivity contribution >= 4 is 11.5 Å². The van der Waals surface area contributed by atoms with Crippen LogP contribution in [0, 0.1) is 11.8 Å². The number of nitrogens with zero attached hydrogens (tertiary/aromatic N) is 3. The van der Waals surface area contributed by atoms with Crippen molar-refractivity contribution in [1.29, 1.82) is 0 Å². The van der Waals surface area contributed by atoms with E-state index in [0.717, 1.165) is 30.7 Å². The van der Waals surface area contributed by atoms with Gasteiger partial charge >= 0.3 is 0 Å². The van der Waals surface area contributed by atoms with Gasteiger partial charge in [-0.3, -0.25) is 0 Å². The first kappa shape index (κ1) is 12.5. The van der Waals surface area contributed by atoms with Crippen molar-refractivity contribution in [2.24, 2.45) is 11.8 Å². The first-order valence-electron chi connectivity index (χ1n) is 7.17. The van der Waals surface area contributed by atoms with Gasteiger partial charge in [0.25, 0.3) is 0 Å². The molecule has 1 saturated heterocycles. The largest absolute Gasteiger partial charge is 0.473 e. The van der Waals surface area contributed by atoms with Crippen molar-refractivity contribution in [3.05, 3.63) is 6.33 Å². The fourth-order valence-electron chi connectivity index (χ4n) is 3.35. The van der Waals surface area contributed by atoms with Crippen LogP contribution in [0.4, 0.5) is 11.5 Å². The van der Waals surface area contributed by atoms with Crippen LogP contribution >= 0.6 is 0 Å². The minimum atomic E-state index is 0.0722. The van der Waals surface area contributed by atoms with E-state index in [0.29, 0.717) is 11.6 Å². The molecule has 1 saturated carbocycles. The molecule has 2 heterocycles. The van der Waals surface area contributed by atoms with Crippen molar-refractivity contribution in [2.75, 3.05) is 23.7 Å². The Morgan fingerprint density at radius 2 is 1.95 bits per heavy atom. The summed E-state index contributed by atoms with van der Waals surface area (Å²) in [6.07, 6.45) is 5.70. The molecule has 2 N–H and O–H groups in total. The number of fused-ring (bicyclic) bond motifs is 1. The van der Waals surface area contributed by atoms with Gasteiger partial charge in [-0.2, -0.15) is 4.98 Å². The Balaban J connectivity index is 1.81. The number of nitrogen functional groups attached to an aromatic ring is 1. The highest BCUT2D eigenvalue weighted by atomic mass is 16.5. The molecule has 5 heteroatoms. The summed E-state index contributed by atoms with van der Waals surface area (Å²) >= 11 is 0. The van der Waals surface area contributed by atoms with Gasteiger partial charge in [0.2, 0.25) is 5.88 Å². The fourth-order valence-corrected chi connectivity index (χ4v) is 3.35. The summed E-state index contributed by atoms with van der Waals surface area (Å²) in [5.41, 5.74) is 6.75. The maximum atomic E-state index is 6.17. The Morgan fingerprint density at radius 1 is 1.26 bits per heavy atom. The lowest BCUT2D eigenvalue weighted by Gasteiger charge is -2.21. The molecule has 0 amide bonds. The van der Waals surface area contributed by atoms with E-state index in [-0.39, 0.29) is 6.10 Å². The molecule has 0 spiro atoms. The molecule has 1 aliphatic heterocycles. The normalized spacial score (nSPS) is 25.9. The van der Waals surface area contributed by atoms with Crippen molar-refractivity contribution in [3.63, 3.8) is 0 Å². The van der Waals surface area contributed by atoms with Crippen LogP contribution in [0.15, 0.2) is 6.33 Å². The third kappa shape index (κ3) is 2.33. The molecule has 0 bridgehead atoms. The zero-order valence-corrected chi connectivity index (χ0v) is 11.7. The summed E-state index contributed by atoms with van der Waals surface area (Å²) in [7, 11) is 0. The van der Waals surface area contributed by atoms with Crippen molar-refractivity contribution < 1.29 is 4.74 Å². The number of anilines is 2. The molecule has 2 atom stereocenters. The number of rotatable bonds is 3. The summed E-state index contributed by atoms with van der Waals surface area (Å²) in [6.45, 7) is 6.10. The Hall–Kier alpha value is -1.52. The van der Waals surface area contributed by atoms with Gasteiger partial charge in [-0.05, 0) is 38.5 Å². The fraction of sp³-hybridized carbons (Fsp3) is 0.714. The third-order valence-corrected chi connectivity index (χ3v) is 4.20. The monoisotopic (exact) mass is 262 g/mol. The van der Waals surface area contributed by atoms with Crippen LogP contribution in [0.5, 0.6) is 5.88 Å². The number of nitrogens with two attached hydrogens (primary N) is 1. The van der Waals surface area contributed by atoms with E-state index in [1.54, 1.807) is 6.33 Å². The van der Waals surface area contributed by atoms with Gasteiger partial charge < -0.3 is 15.4 Å². The number of ether oxygens (including phenoxy) is 1. The first-order valence-corrected chi connectivity index (χ1v) is 7.17. The lowest BCUT2D eigenvalue weighted by atomic mass is 10.0. The maximum absolute atomic E-state index is 6.17. The van der Waals surface area contributed by atoms with Crippen LogP contribution in [0.2, 0.25) is 0 Å². The quantitative estimate of drug-likeness (QED) is 0.903. The van der Waals surface area contributed by atoms with Gasteiger partial charge in [-0.1, -0.05) is 6.42 Å². The van der Waals surface area contributed by atoms with E-state index in [1.165, 1.54) is 19.3 Å². The van der Waals surface area contributed by atoms with Crippen LogP contribution < -0.4 is 15.4 Å². The zero-order chi connectivity index (χ0) is 13.4. The molecule has 0 aromatic carbocycles. The van der Waals surface area contributed by atoms with Crippen LogP contribution in [0.1, 0.15) is 33.1 Å². The molecule has 2 unspecified atom stereocenters. The molecule has 0 radical (unpaired) electrons. The summed E-state index contributed by atoms with van der Waals surface area (Å²) in [6, 6.07) is 0. The van der Waals surface area contributed by atoms with E-state index >= 15 is 0 Å². The summed E-state index contributed by atoms with van der Waals surface area (Å²) in [5, 5.41) is 0. The highest BCUT2D eigenvalue weighted by molar-refractivity contribution is 5.68. The van der Waals surface area contributed by atoms with Crippen LogP contribution in [0.3, 0.4) is 0 Å².